The third kappa shape index (κ3) is 5.43. The maximum Gasteiger partial charge on any atom is 0.349 e. The third-order valence-corrected chi connectivity index (χ3v) is 5.45. The number of nitro groups is 1. The second-order valence-electron chi connectivity index (χ2n) is 8.07. The lowest BCUT2D eigenvalue weighted by Crippen LogP contribution is -2.06. The number of ether oxygens (including phenoxy) is 1. The number of nitro benzene ring substituents is 1. The van der Waals surface area contributed by atoms with E-state index in [1.807, 2.05) is 6.07 Å². The van der Waals surface area contributed by atoms with Crippen molar-refractivity contribution in [2.75, 3.05) is 0 Å². The Labute approximate surface area is 199 Å². The summed E-state index contributed by atoms with van der Waals surface area (Å²) in [5.74, 6) is -0.0165. The van der Waals surface area contributed by atoms with Gasteiger partial charge in [0.15, 0.2) is 0 Å². The second-order valence-corrected chi connectivity index (χ2v) is 8.07. The molecule has 0 radical (unpaired) electrons. The zero-order chi connectivity index (χ0) is 24.9. The molecule has 35 heavy (non-hydrogen) atoms. The molecule has 0 spiro atoms. The van der Waals surface area contributed by atoms with Crippen LogP contribution >= 0.6 is 0 Å². The zero-order valence-corrected chi connectivity index (χ0v) is 19.3. The van der Waals surface area contributed by atoms with Crippen molar-refractivity contribution < 1.29 is 23.3 Å². The molecule has 180 valence electrons. The minimum absolute atomic E-state index is 0.0393. The van der Waals surface area contributed by atoms with Crippen LogP contribution in [0, 0.1) is 10.1 Å². The number of fused-ring (bicyclic) bond motifs is 1. The zero-order valence-electron chi connectivity index (χ0n) is 19.3. The molecule has 0 unspecified atom stereocenters. The van der Waals surface area contributed by atoms with Gasteiger partial charge in [-0.2, -0.15) is 0 Å². The Morgan fingerprint density at radius 2 is 1.77 bits per heavy atom. The topological polar surface area (TPSA) is 139 Å². The summed E-state index contributed by atoms with van der Waals surface area (Å²) in [4.78, 5) is 34.6. The van der Waals surface area contributed by atoms with E-state index in [2.05, 4.69) is 17.1 Å². The van der Waals surface area contributed by atoms with Gasteiger partial charge in [0, 0.05) is 36.1 Å². The Bertz CT molecular complexity index is 1440. The van der Waals surface area contributed by atoms with Gasteiger partial charge in [-0.15, -0.1) is 10.2 Å². The van der Waals surface area contributed by atoms with Gasteiger partial charge in [0.1, 0.15) is 16.9 Å². The molecule has 10 heteroatoms. The van der Waals surface area contributed by atoms with E-state index in [-0.39, 0.29) is 28.6 Å². The van der Waals surface area contributed by atoms with Crippen LogP contribution in [0.15, 0.2) is 56.1 Å². The van der Waals surface area contributed by atoms with Gasteiger partial charge >= 0.3 is 11.6 Å². The largest absolute Gasteiger partial charge is 0.426 e. The van der Waals surface area contributed by atoms with Crippen molar-refractivity contribution in [1.82, 2.24) is 10.2 Å². The van der Waals surface area contributed by atoms with Gasteiger partial charge in [-0.3, -0.25) is 14.9 Å². The van der Waals surface area contributed by atoms with Gasteiger partial charge in [-0.1, -0.05) is 26.2 Å². The van der Waals surface area contributed by atoms with Gasteiger partial charge in [0.2, 0.25) is 5.89 Å². The maximum absolute atomic E-state index is 12.7. The van der Waals surface area contributed by atoms with Crippen molar-refractivity contribution in [3.63, 3.8) is 0 Å². The molecule has 0 fully saturated rings. The Balaban J connectivity index is 1.69. The highest BCUT2D eigenvalue weighted by atomic mass is 16.6. The number of rotatable bonds is 9. The second kappa shape index (κ2) is 10.3. The third-order valence-electron chi connectivity index (χ3n) is 5.45. The van der Waals surface area contributed by atoms with E-state index in [4.69, 9.17) is 13.6 Å². The van der Waals surface area contributed by atoms with Gasteiger partial charge in [0.25, 0.3) is 11.6 Å². The quantitative estimate of drug-likeness (QED) is 0.0767. The number of non-ortho nitro benzene ring substituents is 1. The Morgan fingerprint density at radius 1 is 1.03 bits per heavy atom. The minimum atomic E-state index is -0.694. The first-order chi connectivity index (χ1) is 16.9. The summed E-state index contributed by atoms with van der Waals surface area (Å²) in [6.45, 7) is 3.46. The van der Waals surface area contributed by atoms with Crippen LogP contribution in [0.3, 0.4) is 0 Å². The standard InChI is InChI=1S/C25H23N3O7/c1-3-4-5-6-7-17-12-18-13-20(25(30)34-22(18)14-21(17)33-15(2)29)24-27-26-23(35-24)16-8-10-19(11-9-16)28(31)32/h8-14H,3-7H2,1-2H3. The Kier molecular flexibility index (Phi) is 7.00. The predicted octanol–water partition coefficient (Wildman–Crippen LogP) is 5.47. The molecule has 0 aliphatic rings. The van der Waals surface area contributed by atoms with Crippen LogP contribution < -0.4 is 10.4 Å². The lowest BCUT2D eigenvalue weighted by Gasteiger charge is -2.11. The maximum atomic E-state index is 12.7. The van der Waals surface area contributed by atoms with Gasteiger partial charge in [-0.05, 0) is 42.7 Å². The van der Waals surface area contributed by atoms with E-state index in [1.54, 1.807) is 12.1 Å². The molecule has 4 aromatic rings. The molecule has 0 saturated heterocycles. The molecule has 2 aromatic heterocycles. The van der Waals surface area contributed by atoms with Crippen molar-refractivity contribution >= 4 is 22.6 Å². The number of benzene rings is 2. The van der Waals surface area contributed by atoms with Crippen LogP contribution in [0.4, 0.5) is 5.69 Å². The number of carbonyl (C=O) groups excluding carboxylic acids is 1. The van der Waals surface area contributed by atoms with E-state index in [1.165, 1.54) is 31.2 Å². The molecule has 0 aliphatic carbocycles. The summed E-state index contributed by atoms with van der Waals surface area (Å²) in [5, 5.41) is 19.4. The SMILES string of the molecule is CCCCCCc1cc2cc(-c3nnc(-c4ccc([N+](=O)[O-])cc4)o3)c(=O)oc2cc1OC(C)=O. The molecule has 2 heterocycles. The van der Waals surface area contributed by atoms with Crippen LogP contribution in [-0.2, 0) is 11.2 Å². The average Bonchev–Trinajstić information content (AvgIpc) is 3.31. The predicted molar refractivity (Wildman–Crippen MR) is 127 cm³/mol. The highest BCUT2D eigenvalue weighted by molar-refractivity contribution is 5.84. The summed E-state index contributed by atoms with van der Waals surface area (Å²) >= 11 is 0. The molecule has 2 aromatic carbocycles. The molecule has 0 amide bonds. The van der Waals surface area contributed by atoms with Crippen molar-refractivity contribution in [2.45, 2.75) is 46.0 Å². The highest BCUT2D eigenvalue weighted by Gasteiger charge is 2.18. The molecule has 4 rings (SSSR count). The molecule has 0 N–H and O–H groups in total. The first kappa shape index (κ1) is 23.8. The van der Waals surface area contributed by atoms with E-state index in [0.29, 0.717) is 23.1 Å². The highest BCUT2D eigenvalue weighted by Crippen LogP contribution is 2.30. The lowest BCUT2D eigenvalue weighted by molar-refractivity contribution is -0.384. The van der Waals surface area contributed by atoms with Crippen LogP contribution in [0.5, 0.6) is 5.75 Å². The molecule has 0 atom stereocenters. The Hall–Kier alpha value is -4.34. The normalized spacial score (nSPS) is 11.0. The number of unbranched alkanes of at least 4 members (excludes halogenated alkanes) is 3. The molecule has 0 saturated carbocycles. The van der Waals surface area contributed by atoms with Crippen LogP contribution in [0.2, 0.25) is 0 Å². The number of aryl methyl sites for hydroxylation is 1. The van der Waals surface area contributed by atoms with Crippen LogP contribution in [0.25, 0.3) is 33.9 Å². The van der Waals surface area contributed by atoms with Gasteiger partial charge in [-0.25, -0.2) is 4.79 Å². The van der Waals surface area contributed by atoms with E-state index < -0.39 is 16.5 Å². The van der Waals surface area contributed by atoms with Crippen molar-refractivity contribution in [2.24, 2.45) is 0 Å². The first-order valence-corrected chi connectivity index (χ1v) is 11.2. The minimum Gasteiger partial charge on any atom is -0.426 e. The monoisotopic (exact) mass is 477 g/mol. The average molecular weight is 477 g/mol. The summed E-state index contributed by atoms with van der Waals surface area (Å²) < 4.78 is 16.5. The number of carbonyl (C=O) groups is 1. The smallest absolute Gasteiger partial charge is 0.349 e. The summed E-state index contributed by atoms with van der Waals surface area (Å²) in [5.41, 5.74) is 0.890. The summed E-state index contributed by atoms with van der Waals surface area (Å²) in [6, 6.07) is 10.6. The summed E-state index contributed by atoms with van der Waals surface area (Å²) in [6.07, 6.45) is 4.91. The van der Waals surface area contributed by atoms with E-state index >= 15 is 0 Å². The summed E-state index contributed by atoms with van der Waals surface area (Å²) in [7, 11) is 0. The number of hydrogen-bond donors (Lipinski definition) is 0. The molecular weight excluding hydrogens is 454 g/mol. The molecule has 0 aliphatic heterocycles. The molecule has 0 bridgehead atoms. The van der Waals surface area contributed by atoms with Gasteiger partial charge < -0.3 is 13.6 Å². The lowest BCUT2D eigenvalue weighted by atomic mass is 10.0. The number of hydrogen-bond acceptors (Lipinski definition) is 9. The fourth-order valence-electron chi connectivity index (χ4n) is 3.71. The number of esters is 1. The number of aromatic nitrogens is 2. The van der Waals surface area contributed by atoms with E-state index in [0.717, 1.165) is 31.2 Å². The molecule has 10 nitrogen and oxygen atoms in total. The fraction of sp³-hybridized carbons (Fsp3) is 0.280. The van der Waals surface area contributed by atoms with Gasteiger partial charge in [0.05, 0.1) is 4.92 Å². The molecular formula is C25H23N3O7. The first-order valence-electron chi connectivity index (χ1n) is 11.2. The van der Waals surface area contributed by atoms with Crippen molar-refractivity contribution in [3.05, 3.63) is 68.6 Å². The Morgan fingerprint density at radius 3 is 2.46 bits per heavy atom. The number of nitrogens with zero attached hydrogens (tertiary/aromatic N) is 3. The van der Waals surface area contributed by atoms with Crippen LogP contribution in [-0.4, -0.2) is 21.1 Å². The van der Waals surface area contributed by atoms with E-state index in [9.17, 15) is 19.7 Å². The van der Waals surface area contributed by atoms with Crippen molar-refractivity contribution in [1.29, 1.82) is 0 Å². The van der Waals surface area contributed by atoms with Crippen molar-refractivity contribution in [3.8, 4) is 28.7 Å². The fourth-order valence-corrected chi connectivity index (χ4v) is 3.71. The van der Waals surface area contributed by atoms with Crippen LogP contribution in [0.1, 0.15) is 45.1 Å².